The second kappa shape index (κ2) is 7.97. The average molecular weight is 311 g/mol. The predicted molar refractivity (Wildman–Crippen MR) is 79.5 cm³/mol. The fraction of sp³-hybridized carbons (Fsp3) is 0.833. The SMILES string of the molecule is COC(=O)C1(C)CCN(C(=O)C(N)CCSC)C1.Cl. The second-order valence-corrected chi connectivity index (χ2v) is 5.94. The lowest BCUT2D eigenvalue weighted by Crippen LogP contribution is -2.44. The van der Waals surface area contributed by atoms with Crippen LogP contribution in [0.4, 0.5) is 0 Å². The summed E-state index contributed by atoms with van der Waals surface area (Å²) >= 11 is 1.67. The second-order valence-electron chi connectivity index (χ2n) is 4.95. The summed E-state index contributed by atoms with van der Waals surface area (Å²) in [5.74, 6) is 0.557. The number of nitrogens with zero attached hydrogens (tertiary/aromatic N) is 1. The summed E-state index contributed by atoms with van der Waals surface area (Å²) in [6.07, 6.45) is 3.30. The first-order chi connectivity index (χ1) is 8.44. The zero-order valence-corrected chi connectivity index (χ0v) is 13.3. The predicted octanol–water partition coefficient (Wildman–Crippen LogP) is 0.900. The van der Waals surface area contributed by atoms with Gasteiger partial charge >= 0.3 is 5.97 Å². The Balaban J connectivity index is 0.00000324. The number of amides is 1. The van der Waals surface area contributed by atoms with E-state index < -0.39 is 11.5 Å². The highest BCUT2D eigenvalue weighted by molar-refractivity contribution is 7.98. The molecule has 1 saturated heterocycles. The van der Waals surface area contributed by atoms with Gasteiger partial charge in [-0.15, -0.1) is 12.4 Å². The Labute approximate surface area is 125 Å². The van der Waals surface area contributed by atoms with Gasteiger partial charge in [0.05, 0.1) is 18.6 Å². The molecule has 1 rings (SSSR count). The van der Waals surface area contributed by atoms with Gasteiger partial charge in [0, 0.05) is 13.1 Å². The maximum atomic E-state index is 12.1. The molecule has 2 unspecified atom stereocenters. The molecule has 1 aliphatic rings. The molecule has 0 aliphatic carbocycles. The van der Waals surface area contributed by atoms with E-state index in [0.29, 0.717) is 25.9 Å². The van der Waals surface area contributed by atoms with Gasteiger partial charge in [0.2, 0.25) is 5.91 Å². The van der Waals surface area contributed by atoms with E-state index in [1.807, 2.05) is 13.2 Å². The molecule has 0 aromatic rings. The quantitative estimate of drug-likeness (QED) is 0.764. The smallest absolute Gasteiger partial charge is 0.313 e. The lowest BCUT2D eigenvalue weighted by molar-refractivity contribution is -0.151. The van der Waals surface area contributed by atoms with Gasteiger partial charge in [0.15, 0.2) is 0 Å². The number of hydrogen-bond donors (Lipinski definition) is 1. The van der Waals surface area contributed by atoms with E-state index in [-0.39, 0.29) is 24.3 Å². The van der Waals surface area contributed by atoms with Gasteiger partial charge in [0.25, 0.3) is 0 Å². The minimum absolute atomic E-state index is 0. The number of carbonyl (C=O) groups excluding carboxylic acids is 2. The maximum absolute atomic E-state index is 12.1. The van der Waals surface area contributed by atoms with Crippen LogP contribution in [0.2, 0.25) is 0 Å². The molecule has 1 fully saturated rings. The maximum Gasteiger partial charge on any atom is 0.313 e. The number of thioether (sulfide) groups is 1. The normalized spacial score (nSPS) is 23.7. The number of esters is 1. The zero-order valence-electron chi connectivity index (χ0n) is 11.7. The molecule has 0 saturated carbocycles. The molecular formula is C12H23ClN2O3S. The van der Waals surface area contributed by atoms with Crippen LogP contribution < -0.4 is 5.73 Å². The highest BCUT2D eigenvalue weighted by atomic mass is 35.5. The summed E-state index contributed by atoms with van der Waals surface area (Å²) in [6, 6.07) is -0.461. The van der Waals surface area contributed by atoms with Crippen LogP contribution >= 0.6 is 24.2 Å². The number of hydrogen-bond acceptors (Lipinski definition) is 5. The molecule has 1 amide bonds. The van der Waals surface area contributed by atoms with Crippen molar-refractivity contribution >= 4 is 36.0 Å². The lowest BCUT2D eigenvalue weighted by Gasteiger charge is -2.23. The molecule has 0 spiro atoms. The van der Waals surface area contributed by atoms with E-state index in [1.54, 1.807) is 16.7 Å². The van der Waals surface area contributed by atoms with E-state index in [4.69, 9.17) is 10.5 Å². The number of carbonyl (C=O) groups is 2. The molecule has 19 heavy (non-hydrogen) atoms. The minimum Gasteiger partial charge on any atom is -0.469 e. The van der Waals surface area contributed by atoms with Crippen molar-refractivity contribution in [1.82, 2.24) is 4.90 Å². The van der Waals surface area contributed by atoms with Gasteiger partial charge in [-0.25, -0.2) is 0 Å². The largest absolute Gasteiger partial charge is 0.469 e. The van der Waals surface area contributed by atoms with Crippen molar-refractivity contribution < 1.29 is 14.3 Å². The van der Waals surface area contributed by atoms with Crippen molar-refractivity contribution in [3.05, 3.63) is 0 Å². The summed E-state index contributed by atoms with van der Waals surface area (Å²) in [7, 11) is 1.38. The third-order valence-corrected chi connectivity index (χ3v) is 4.06. The highest BCUT2D eigenvalue weighted by Crippen LogP contribution is 2.31. The summed E-state index contributed by atoms with van der Waals surface area (Å²) < 4.78 is 4.78. The Morgan fingerprint density at radius 3 is 2.68 bits per heavy atom. The monoisotopic (exact) mass is 310 g/mol. The summed E-state index contributed by atoms with van der Waals surface area (Å²) in [4.78, 5) is 25.4. The van der Waals surface area contributed by atoms with Gasteiger partial charge in [-0.1, -0.05) is 0 Å². The molecule has 0 aromatic carbocycles. The Hall–Kier alpha value is -0.460. The molecule has 2 N–H and O–H groups in total. The van der Waals surface area contributed by atoms with Crippen molar-refractivity contribution in [2.45, 2.75) is 25.8 Å². The van der Waals surface area contributed by atoms with Gasteiger partial charge in [-0.2, -0.15) is 11.8 Å². The number of nitrogens with two attached hydrogens (primary N) is 1. The molecule has 5 nitrogen and oxygen atoms in total. The molecular weight excluding hydrogens is 288 g/mol. The Morgan fingerprint density at radius 2 is 2.16 bits per heavy atom. The minimum atomic E-state index is -0.580. The summed E-state index contributed by atoms with van der Waals surface area (Å²) in [6.45, 7) is 2.82. The topological polar surface area (TPSA) is 72.6 Å². The fourth-order valence-electron chi connectivity index (χ4n) is 2.17. The molecule has 112 valence electrons. The fourth-order valence-corrected chi connectivity index (χ4v) is 2.65. The van der Waals surface area contributed by atoms with Crippen LogP contribution in [0.3, 0.4) is 0 Å². The van der Waals surface area contributed by atoms with Crippen LogP contribution in [0.15, 0.2) is 0 Å². The van der Waals surface area contributed by atoms with E-state index in [9.17, 15) is 9.59 Å². The van der Waals surface area contributed by atoms with Crippen molar-refractivity contribution in [2.75, 3.05) is 32.2 Å². The van der Waals surface area contributed by atoms with Crippen LogP contribution in [-0.4, -0.2) is 55.0 Å². The van der Waals surface area contributed by atoms with Gasteiger partial charge in [0.1, 0.15) is 0 Å². The highest BCUT2D eigenvalue weighted by Gasteiger charge is 2.43. The van der Waals surface area contributed by atoms with Gasteiger partial charge < -0.3 is 15.4 Å². The Morgan fingerprint density at radius 1 is 1.53 bits per heavy atom. The molecule has 7 heteroatoms. The van der Waals surface area contributed by atoms with Crippen LogP contribution in [0.1, 0.15) is 19.8 Å². The standard InChI is InChI=1S/C12H22N2O3S.ClH/c1-12(11(16)17-2)5-6-14(8-12)10(15)9(13)4-7-18-3;/h9H,4-8,13H2,1-3H3;1H. The number of ether oxygens (including phenoxy) is 1. The molecule has 1 aliphatic heterocycles. The van der Waals surface area contributed by atoms with Crippen molar-refractivity contribution in [2.24, 2.45) is 11.1 Å². The van der Waals surface area contributed by atoms with E-state index in [2.05, 4.69) is 0 Å². The Bertz CT molecular complexity index is 330. The Kier molecular flexibility index (Phi) is 7.78. The van der Waals surface area contributed by atoms with Crippen molar-refractivity contribution in [3.63, 3.8) is 0 Å². The van der Waals surface area contributed by atoms with Crippen LogP contribution in [0, 0.1) is 5.41 Å². The summed E-state index contributed by atoms with van der Waals surface area (Å²) in [5.41, 5.74) is 5.28. The van der Waals surface area contributed by atoms with Crippen molar-refractivity contribution in [1.29, 1.82) is 0 Å². The van der Waals surface area contributed by atoms with Gasteiger partial charge in [-0.05, 0) is 31.8 Å². The first-order valence-corrected chi connectivity index (χ1v) is 7.45. The first kappa shape index (κ1) is 18.5. The van der Waals surface area contributed by atoms with E-state index in [0.717, 1.165) is 5.75 Å². The number of rotatable bonds is 5. The van der Waals surface area contributed by atoms with E-state index >= 15 is 0 Å². The molecule has 2 atom stereocenters. The number of halogens is 1. The van der Waals surface area contributed by atoms with Crippen LogP contribution in [-0.2, 0) is 14.3 Å². The summed E-state index contributed by atoms with van der Waals surface area (Å²) in [5, 5.41) is 0. The third kappa shape index (κ3) is 4.54. The lowest BCUT2D eigenvalue weighted by atomic mass is 9.90. The van der Waals surface area contributed by atoms with Crippen LogP contribution in [0.5, 0.6) is 0 Å². The average Bonchev–Trinajstić information content (AvgIpc) is 2.77. The zero-order chi connectivity index (χ0) is 13.8. The van der Waals surface area contributed by atoms with Crippen molar-refractivity contribution in [3.8, 4) is 0 Å². The molecule has 0 aromatic heterocycles. The third-order valence-electron chi connectivity index (χ3n) is 3.41. The molecule has 0 radical (unpaired) electrons. The molecule has 0 bridgehead atoms. The number of likely N-dealkylation sites (tertiary alicyclic amines) is 1. The van der Waals surface area contributed by atoms with Gasteiger partial charge in [-0.3, -0.25) is 9.59 Å². The molecule has 1 heterocycles. The van der Waals surface area contributed by atoms with Crippen LogP contribution in [0.25, 0.3) is 0 Å². The number of methoxy groups -OCH3 is 1. The van der Waals surface area contributed by atoms with E-state index in [1.165, 1.54) is 7.11 Å². The first-order valence-electron chi connectivity index (χ1n) is 6.06.